The molecule has 8 heteroatoms. The molecule has 0 aliphatic carbocycles. The largest absolute Gasteiger partial charge is 0.426 e. The molecule has 0 aromatic heterocycles. The molecule has 0 unspecified atom stereocenters. The molecule has 4 aromatic carbocycles. The number of esters is 2. The van der Waals surface area contributed by atoms with E-state index in [0.29, 0.717) is 22.3 Å². The summed E-state index contributed by atoms with van der Waals surface area (Å²) in [5.41, 5.74) is 2.28. The van der Waals surface area contributed by atoms with Crippen LogP contribution in [0.3, 0.4) is 0 Å². The molecule has 180 valence electrons. The molecule has 0 aliphatic rings. The molecule has 0 bridgehead atoms. The van der Waals surface area contributed by atoms with Crippen LogP contribution >= 0.6 is 0 Å². The maximum absolute atomic E-state index is 13.8. The second-order valence-corrected chi connectivity index (χ2v) is 7.79. The predicted octanol–water partition coefficient (Wildman–Crippen LogP) is 5.94. The topological polar surface area (TPSA) is 100 Å². The molecule has 0 atom stereocenters. The van der Waals surface area contributed by atoms with Gasteiger partial charge in [-0.15, -0.1) is 0 Å². The number of hydrogen-bond donors (Lipinski definition) is 0. The van der Waals surface area contributed by atoms with E-state index in [0.717, 1.165) is 0 Å². The minimum atomic E-state index is -0.827. The third kappa shape index (κ3) is 6.02. The third-order valence-corrected chi connectivity index (χ3v) is 5.31. The molecule has 0 radical (unpaired) electrons. The van der Waals surface area contributed by atoms with Crippen LogP contribution in [0.15, 0.2) is 84.9 Å². The number of benzene rings is 4. The molecule has 4 rings (SSSR count). The molecule has 0 spiro atoms. The van der Waals surface area contributed by atoms with Crippen molar-refractivity contribution in [1.82, 2.24) is 0 Å². The van der Waals surface area contributed by atoms with Crippen LogP contribution in [0.4, 0.5) is 8.78 Å². The first kappa shape index (κ1) is 24.8. The van der Waals surface area contributed by atoms with Gasteiger partial charge in [0.1, 0.15) is 41.7 Å². The monoisotopic (exact) mass is 494 g/mol. The Morgan fingerprint density at radius 3 is 1.27 bits per heavy atom. The van der Waals surface area contributed by atoms with Crippen LogP contribution < -0.4 is 9.47 Å². The van der Waals surface area contributed by atoms with Crippen LogP contribution in [0.5, 0.6) is 11.5 Å². The van der Waals surface area contributed by atoms with Crippen LogP contribution in [-0.4, -0.2) is 11.9 Å². The average molecular weight is 494 g/mol. The summed E-state index contributed by atoms with van der Waals surface area (Å²) in [7, 11) is 0. The fourth-order valence-electron chi connectivity index (χ4n) is 3.45. The van der Waals surface area contributed by atoms with Gasteiger partial charge in [0.2, 0.25) is 0 Å². The van der Waals surface area contributed by atoms with Gasteiger partial charge in [0, 0.05) is 0 Å². The van der Waals surface area contributed by atoms with Crippen LogP contribution in [0, 0.1) is 34.3 Å². The zero-order chi connectivity index (χ0) is 26.4. The maximum atomic E-state index is 13.8. The highest BCUT2D eigenvalue weighted by Crippen LogP contribution is 2.26. The molecule has 0 fully saturated rings. The van der Waals surface area contributed by atoms with Crippen molar-refractivity contribution >= 4 is 11.9 Å². The first-order valence-corrected chi connectivity index (χ1v) is 10.9. The van der Waals surface area contributed by atoms with Crippen molar-refractivity contribution in [3.63, 3.8) is 0 Å². The first-order chi connectivity index (χ1) is 17.9. The number of carbonyl (C=O) groups excluding carboxylic acids is 2. The van der Waals surface area contributed by atoms with Crippen molar-refractivity contribution in [2.24, 2.45) is 0 Å². The number of rotatable bonds is 6. The summed E-state index contributed by atoms with van der Waals surface area (Å²) in [5.74, 6) is -2.54. The fraction of sp³-hybridized carbons (Fsp3) is 0.0345. The zero-order valence-corrected chi connectivity index (χ0v) is 19.1. The molecule has 4 aromatic rings. The van der Waals surface area contributed by atoms with Crippen LogP contribution in [0.1, 0.15) is 17.5 Å². The molecule has 0 amide bonds. The second-order valence-electron chi connectivity index (χ2n) is 7.79. The lowest BCUT2D eigenvalue weighted by Gasteiger charge is -2.08. The summed E-state index contributed by atoms with van der Waals surface area (Å²) in [6.07, 6.45) is -0.634. The Bertz CT molecular complexity index is 1450. The van der Waals surface area contributed by atoms with Gasteiger partial charge in [0.25, 0.3) is 0 Å². The van der Waals surface area contributed by atoms with E-state index in [1.54, 1.807) is 48.5 Å². The number of ether oxygens (including phenoxy) is 2. The predicted molar refractivity (Wildman–Crippen MR) is 129 cm³/mol. The minimum Gasteiger partial charge on any atom is -0.426 e. The Morgan fingerprint density at radius 2 is 0.946 bits per heavy atom. The number of hydrogen-bond acceptors (Lipinski definition) is 6. The van der Waals surface area contributed by atoms with Gasteiger partial charge in [-0.05, 0) is 70.8 Å². The summed E-state index contributed by atoms with van der Waals surface area (Å²) in [4.78, 5) is 24.3. The van der Waals surface area contributed by atoms with Gasteiger partial charge in [-0.3, -0.25) is 9.59 Å². The maximum Gasteiger partial charge on any atom is 0.322 e. The van der Waals surface area contributed by atoms with Gasteiger partial charge in [-0.2, -0.15) is 10.5 Å². The quantitative estimate of drug-likeness (QED) is 0.187. The fourth-order valence-corrected chi connectivity index (χ4v) is 3.45. The SMILES string of the molecule is N#Cc1ccc(-c2ccc(OC(=O)CC(=O)Oc3ccc(-c4ccc(C#N)c(F)c4)cc3)cc2)cc1F. The van der Waals surface area contributed by atoms with Crippen LogP contribution in [0.2, 0.25) is 0 Å². The highest BCUT2D eigenvalue weighted by molar-refractivity contribution is 5.93. The van der Waals surface area contributed by atoms with Crippen molar-refractivity contribution in [2.75, 3.05) is 0 Å². The molecule has 0 N–H and O–H groups in total. The molecule has 6 nitrogen and oxygen atoms in total. The van der Waals surface area contributed by atoms with Crippen molar-refractivity contribution in [3.05, 3.63) is 108 Å². The Hall–Kier alpha value is -5.34. The number of halogens is 2. The number of nitriles is 2. The second kappa shape index (κ2) is 10.9. The standard InChI is InChI=1S/C29H16F2N2O4/c30-26-13-20(1-3-22(26)16-32)18-5-9-24(10-6-18)36-28(34)15-29(35)37-25-11-7-19(8-12-25)21-2-4-23(17-33)27(31)14-21/h1-14H,15H2. The summed E-state index contributed by atoms with van der Waals surface area (Å²) in [6, 6.07) is 24.4. The van der Waals surface area contributed by atoms with Gasteiger partial charge < -0.3 is 9.47 Å². The van der Waals surface area contributed by atoms with E-state index in [1.807, 2.05) is 0 Å². The van der Waals surface area contributed by atoms with Gasteiger partial charge in [0.15, 0.2) is 0 Å². The van der Waals surface area contributed by atoms with E-state index < -0.39 is 30.0 Å². The Morgan fingerprint density at radius 1 is 0.595 bits per heavy atom. The molecule has 0 saturated carbocycles. The van der Waals surface area contributed by atoms with E-state index in [1.165, 1.54) is 48.5 Å². The van der Waals surface area contributed by atoms with E-state index in [9.17, 15) is 18.4 Å². The van der Waals surface area contributed by atoms with E-state index in [2.05, 4.69) is 0 Å². The normalized spacial score (nSPS) is 10.2. The summed E-state index contributed by atoms with van der Waals surface area (Å²) in [5, 5.41) is 17.7. The lowest BCUT2D eigenvalue weighted by molar-refractivity contribution is -0.144. The molecular formula is C29H16F2N2O4. The Kier molecular flexibility index (Phi) is 7.32. The summed E-state index contributed by atoms with van der Waals surface area (Å²) in [6.45, 7) is 0. The number of nitrogens with zero attached hydrogens (tertiary/aromatic N) is 2. The molecular weight excluding hydrogens is 478 g/mol. The van der Waals surface area contributed by atoms with Crippen LogP contribution in [-0.2, 0) is 9.59 Å². The van der Waals surface area contributed by atoms with E-state index in [4.69, 9.17) is 20.0 Å². The summed E-state index contributed by atoms with van der Waals surface area (Å²) >= 11 is 0. The lowest BCUT2D eigenvalue weighted by Crippen LogP contribution is -2.18. The van der Waals surface area contributed by atoms with E-state index >= 15 is 0 Å². The van der Waals surface area contributed by atoms with Gasteiger partial charge in [-0.1, -0.05) is 36.4 Å². The Labute approximate surface area is 210 Å². The van der Waals surface area contributed by atoms with Crippen molar-refractivity contribution in [3.8, 4) is 45.9 Å². The highest BCUT2D eigenvalue weighted by Gasteiger charge is 2.15. The van der Waals surface area contributed by atoms with Crippen molar-refractivity contribution in [1.29, 1.82) is 10.5 Å². The highest BCUT2D eigenvalue weighted by atomic mass is 19.1. The van der Waals surface area contributed by atoms with Crippen molar-refractivity contribution in [2.45, 2.75) is 6.42 Å². The molecule has 0 heterocycles. The van der Waals surface area contributed by atoms with Gasteiger partial charge in [0.05, 0.1) is 11.1 Å². The smallest absolute Gasteiger partial charge is 0.322 e. The molecule has 0 aliphatic heterocycles. The lowest BCUT2D eigenvalue weighted by atomic mass is 10.0. The van der Waals surface area contributed by atoms with Gasteiger partial charge >= 0.3 is 11.9 Å². The summed E-state index contributed by atoms with van der Waals surface area (Å²) < 4.78 is 38.0. The molecule has 37 heavy (non-hydrogen) atoms. The minimum absolute atomic E-state index is 0.0566. The Balaban J connectivity index is 1.32. The third-order valence-electron chi connectivity index (χ3n) is 5.31. The average Bonchev–Trinajstić information content (AvgIpc) is 2.89. The molecule has 0 saturated heterocycles. The first-order valence-electron chi connectivity index (χ1n) is 10.9. The van der Waals surface area contributed by atoms with Gasteiger partial charge in [-0.25, -0.2) is 8.78 Å². The van der Waals surface area contributed by atoms with Crippen LogP contribution in [0.25, 0.3) is 22.3 Å². The van der Waals surface area contributed by atoms with Crippen molar-refractivity contribution < 1.29 is 27.8 Å². The van der Waals surface area contributed by atoms with E-state index in [-0.39, 0.29) is 22.6 Å². The zero-order valence-electron chi connectivity index (χ0n) is 19.1. The number of carbonyl (C=O) groups is 2.